The zero-order valence-corrected chi connectivity index (χ0v) is 13.7. The molecule has 4 rings (SSSR count). The smallest absolute Gasteiger partial charge is 0.203 e. The Morgan fingerprint density at radius 1 is 1.36 bits per heavy atom. The van der Waals surface area contributed by atoms with Gasteiger partial charge in [0.25, 0.3) is 0 Å². The number of rotatable bonds is 3. The summed E-state index contributed by atoms with van der Waals surface area (Å²) < 4.78 is 7.31. The number of aromatic nitrogens is 1. The van der Waals surface area contributed by atoms with Crippen LogP contribution < -0.4 is 5.32 Å². The van der Waals surface area contributed by atoms with Crippen LogP contribution in [0.15, 0.2) is 28.7 Å². The van der Waals surface area contributed by atoms with Gasteiger partial charge in [0.05, 0.1) is 22.3 Å². The quantitative estimate of drug-likeness (QED) is 0.794. The summed E-state index contributed by atoms with van der Waals surface area (Å²) in [6, 6.07) is 8.29. The van der Waals surface area contributed by atoms with Crippen molar-refractivity contribution in [1.29, 1.82) is 0 Å². The molecule has 0 fully saturated rings. The monoisotopic (exact) mass is 313 g/mol. The van der Waals surface area contributed by atoms with E-state index in [0.717, 1.165) is 53.8 Å². The number of likely N-dealkylation sites (N-methyl/N-ethyl adjacent to an activating group) is 1. The van der Waals surface area contributed by atoms with Crippen LogP contribution in [-0.2, 0) is 13.0 Å². The van der Waals surface area contributed by atoms with Crippen molar-refractivity contribution in [2.24, 2.45) is 0 Å². The highest BCUT2D eigenvalue weighted by Gasteiger charge is 2.27. The summed E-state index contributed by atoms with van der Waals surface area (Å²) in [5.41, 5.74) is 3.55. The first-order valence-electron chi connectivity index (χ1n) is 7.70. The van der Waals surface area contributed by atoms with Gasteiger partial charge in [-0.15, -0.1) is 11.3 Å². The maximum atomic E-state index is 6.08. The van der Waals surface area contributed by atoms with E-state index in [1.165, 1.54) is 10.3 Å². The van der Waals surface area contributed by atoms with Gasteiger partial charge in [0.2, 0.25) is 5.88 Å². The van der Waals surface area contributed by atoms with Gasteiger partial charge < -0.3 is 9.73 Å². The van der Waals surface area contributed by atoms with Crippen LogP contribution in [-0.4, -0.2) is 30.0 Å². The minimum Gasteiger partial charge on any atom is -0.443 e. The highest BCUT2D eigenvalue weighted by atomic mass is 32.1. The van der Waals surface area contributed by atoms with E-state index in [1.807, 2.05) is 13.1 Å². The number of hydrogen-bond donors (Lipinski definition) is 1. The van der Waals surface area contributed by atoms with E-state index in [9.17, 15) is 0 Å². The van der Waals surface area contributed by atoms with E-state index in [0.29, 0.717) is 0 Å². The number of nitrogens with zero attached hydrogens (tertiary/aromatic N) is 2. The molecule has 1 aliphatic heterocycles. The van der Waals surface area contributed by atoms with Crippen molar-refractivity contribution in [3.05, 3.63) is 35.6 Å². The van der Waals surface area contributed by atoms with Gasteiger partial charge in [-0.25, -0.2) is 4.98 Å². The average molecular weight is 313 g/mol. The minimum absolute atomic E-state index is 0.849. The Bertz CT molecular complexity index is 788. The van der Waals surface area contributed by atoms with Crippen molar-refractivity contribution in [3.63, 3.8) is 0 Å². The van der Waals surface area contributed by atoms with Crippen molar-refractivity contribution in [1.82, 2.24) is 9.88 Å². The second-order valence-corrected chi connectivity index (χ2v) is 6.59. The average Bonchev–Trinajstić information content (AvgIpc) is 3.14. The van der Waals surface area contributed by atoms with Crippen LogP contribution in [0.2, 0.25) is 0 Å². The summed E-state index contributed by atoms with van der Waals surface area (Å²) in [5, 5.41) is 4.27. The number of thiazole rings is 1. The molecular formula is C17H19N3OS. The van der Waals surface area contributed by atoms with Crippen LogP contribution in [0, 0.1) is 0 Å². The van der Waals surface area contributed by atoms with Crippen molar-refractivity contribution < 1.29 is 4.42 Å². The number of fused-ring (bicyclic) bond motifs is 2. The number of anilines is 1. The largest absolute Gasteiger partial charge is 0.443 e. The predicted octanol–water partition coefficient (Wildman–Crippen LogP) is 3.98. The molecule has 0 spiro atoms. The van der Waals surface area contributed by atoms with Gasteiger partial charge >= 0.3 is 0 Å². The van der Waals surface area contributed by atoms with Crippen LogP contribution in [0.5, 0.6) is 0 Å². The number of furan rings is 1. The van der Waals surface area contributed by atoms with E-state index in [1.54, 1.807) is 11.3 Å². The summed E-state index contributed by atoms with van der Waals surface area (Å²) in [6.45, 7) is 5.24. The van der Waals surface area contributed by atoms with Crippen LogP contribution in [0.25, 0.3) is 20.8 Å². The first kappa shape index (κ1) is 13.8. The Balaban J connectivity index is 1.85. The standard InChI is InChI=1S/C17H19N3OS/c1-3-20-9-8-11-13(10-20)21-16(18-2)15(11)17-19-12-6-4-5-7-14(12)22-17/h4-7,18H,3,8-10H2,1-2H3. The summed E-state index contributed by atoms with van der Waals surface area (Å²) in [4.78, 5) is 7.23. The lowest BCUT2D eigenvalue weighted by atomic mass is 10.0. The summed E-state index contributed by atoms with van der Waals surface area (Å²) in [7, 11) is 1.92. The van der Waals surface area contributed by atoms with Gasteiger partial charge in [-0.3, -0.25) is 4.90 Å². The van der Waals surface area contributed by atoms with Gasteiger partial charge in [-0.1, -0.05) is 19.1 Å². The van der Waals surface area contributed by atoms with Crippen LogP contribution in [0.3, 0.4) is 0 Å². The fourth-order valence-corrected chi connectivity index (χ4v) is 4.14. The zero-order valence-electron chi connectivity index (χ0n) is 12.8. The maximum Gasteiger partial charge on any atom is 0.203 e. The molecule has 1 aromatic carbocycles. The SMILES string of the molecule is CCN1CCc2c(oc(NC)c2-c2nc3ccccc3s2)C1. The fourth-order valence-electron chi connectivity index (χ4n) is 3.11. The third-order valence-corrected chi connectivity index (χ3v) is 5.37. The van der Waals surface area contributed by atoms with Gasteiger partial charge in [-0.05, 0) is 25.1 Å². The Labute approximate surface area is 133 Å². The third-order valence-electron chi connectivity index (χ3n) is 4.32. The molecule has 5 heteroatoms. The van der Waals surface area contributed by atoms with E-state index in [2.05, 4.69) is 35.3 Å². The lowest BCUT2D eigenvalue weighted by Gasteiger charge is -2.24. The van der Waals surface area contributed by atoms with Gasteiger partial charge in [-0.2, -0.15) is 0 Å². The molecular weight excluding hydrogens is 294 g/mol. The topological polar surface area (TPSA) is 41.3 Å². The number of para-hydroxylation sites is 1. The first-order chi connectivity index (χ1) is 10.8. The van der Waals surface area contributed by atoms with Crippen molar-refractivity contribution >= 4 is 27.4 Å². The molecule has 22 heavy (non-hydrogen) atoms. The Kier molecular flexibility index (Phi) is 3.39. The van der Waals surface area contributed by atoms with Crippen molar-refractivity contribution in [3.8, 4) is 10.6 Å². The molecule has 3 heterocycles. The van der Waals surface area contributed by atoms with Gasteiger partial charge in [0, 0.05) is 19.2 Å². The van der Waals surface area contributed by atoms with Gasteiger partial charge in [0.1, 0.15) is 10.8 Å². The van der Waals surface area contributed by atoms with Crippen LogP contribution in [0.4, 0.5) is 5.88 Å². The highest BCUT2D eigenvalue weighted by Crippen LogP contribution is 2.42. The summed E-state index contributed by atoms with van der Waals surface area (Å²) in [5.74, 6) is 1.94. The van der Waals surface area contributed by atoms with Crippen molar-refractivity contribution in [2.45, 2.75) is 19.9 Å². The molecule has 0 atom stereocenters. The molecule has 0 aliphatic carbocycles. The van der Waals surface area contributed by atoms with E-state index < -0.39 is 0 Å². The fraction of sp³-hybridized carbons (Fsp3) is 0.353. The predicted molar refractivity (Wildman–Crippen MR) is 91.5 cm³/mol. The molecule has 0 saturated heterocycles. The highest BCUT2D eigenvalue weighted by molar-refractivity contribution is 7.21. The molecule has 0 bridgehead atoms. The number of benzene rings is 1. The Morgan fingerprint density at radius 3 is 3.00 bits per heavy atom. The second-order valence-electron chi connectivity index (χ2n) is 5.56. The molecule has 4 nitrogen and oxygen atoms in total. The molecule has 114 valence electrons. The zero-order chi connectivity index (χ0) is 15.1. The lowest BCUT2D eigenvalue weighted by Crippen LogP contribution is -2.29. The second kappa shape index (κ2) is 5.41. The number of nitrogens with one attached hydrogen (secondary N) is 1. The third kappa shape index (κ3) is 2.12. The van der Waals surface area contributed by atoms with E-state index >= 15 is 0 Å². The molecule has 0 saturated carbocycles. The first-order valence-corrected chi connectivity index (χ1v) is 8.52. The summed E-state index contributed by atoms with van der Waals surface area (Å²) in [6.07, 6.45) is 1.03. The molecule has 0 amide bonds. The molecule has 3 aromatic rings. The molecule has 0 unspecified atom stereocenters. The molecule has 1 aliphatic rings. The van der Waals surface area contributed by atoms with E-state index in [-0.39, 0.29) is 0 Å². The van der Waals surface area contributed by atoms with Gasteiger partial charge in [0.15, 0.2) is 0 Å². The molecule has 1 N–H and O–H groups in total. The van der Waals surface area contributed by atoms with Crippen LogP contribution >= 0.6 is 11.3 Å². The normalized spacial score (nSPS) is 15.2. The lowest BCUT2D eigenvalue weighted by molar-refractivity contribution is 0.242. The van der Waals surface area contributed by atoms with E-state index in [4.69, 9.17) is 9.40 Å². The Hall–Kier alpha value is -1.85. The Morgan fingerprint density at radius 2 is 2.23 bits per heavy atom. The number of hydrogen-bond acceptors (Lipinski definition) is 5. The molecule has 0 radical (unpaired) electrons. The van der Waals surface area contributed by atoms with Crippen LogP contribution in [0.1, 0.15) is 18.2 Å². The maximum absolute atomic E-state index is 6.08. The summed E-state index contributed by atoms with van der Waals surface area (Å²) >= 11 is 1.74. The van der Waals surface area contributed by atoms with Crippen molar-refractivity contribution in [2.75, 3.05) is 25.5 Å². The minimum atomic E-state index is 0.849. The molecule has 2 aromatic heterocycles.